The molecule has 2 heterocycles. The van der Waals surface area contributed by atoms with Crippen LogP contribution in [-0.4, -0.2) is 25.6 Å². The Bertz CT molecular complexity index is 1290. The second-order valence-electron chi connectivity index (χ2n) is 7.03. The predicted molar refractivity (Wildman–Crippen MR) is 119 cm³/mol. The molecule has 0 saturated carbocycles. The van der Waals surface area contributed by atoms with Gasteiger partial charge < -0.3 is 5.32 Å². The number of aromatic nitrogens is 5. The van der Waals surface area contributed by atoms with Gasteiger partial charge in [0.1, 0.15) is 0 Å². The average Bonchev–Trinajstić information content (AvgIpc) is 3.34. The number of H-pyrrole nitrogens is 1. The molecule has 0 radical (unpaired) electrons. The van der Waals surface area contributed by atoms with E-state index in [0.717, 1.165) is 51.1 Å². The van der Waals surface area contributed by atoms with E-state index in [0.29, 0.717) is 5.82 Å². The smallest absolute Gasteiger partial charge is 0.180 e. The molecule has 30 heavy (non-hydrogen) atoms. The third-order valence-electron chi connectivity index (χ3n) is 5.13. The molecule has 0 unspecified atom stereocenters. The molecule has 146 valence electrons. The van der Waals surface area contributed by atoms with Crippen molar-refractivity contribution in [2.45, 2.75) is 13.3 Å². The number of aryl methyl sites for hydroxylation is 1. The highest BCUT2D eigenvalue weighted by atomic mass is 15.5. The van der Waals surface area contributed by atoms with E-state index in [1.807, 2.05) is 30.3 Å². The lowest BCUT2D eigenvalue weighted by Gasteiger charge is -2.13. The minimum absolute atomic E-state index is 0.656. The van der Waals surface area contributed by atoms with E-state index in [2.05, 4.69) is 81.4 Å². The minimum atomic E-state index is 0.656. The predicted octanol–water partition coefficient (Wildman–Crippen LogP) is 5.39. The molecule has 2 aromatic heterocycles. The standard InChI is InChI=1S/C24H20N6/c1-2-17-15-23(21-9-5-6-10-22(21)25-17)26-18-13-11-16(12-14-18)19-7-3-4-8-20(19)24-27-29-30-28-24/h3-15H,2H2,1H3,(H,25,26)(H,27,28,29,30). The van der Waals surface area contributed by atoms with E-state index in [1.165, 1.54) is 0 Å². The third-order valence-corrected chi connectivity index (χ3v) is 5.13. The summed E-state index contributed by atoms with van der Waals surface area (Å²) < 4.78 is 0. The van der Waals surface area contributed by atoms with Gasteiger partial charge in [0, 0.05) is 28.0 Å². The van der Waals surface area contributed by atoms with Crippen LogP contribution < -0.4 is 5.32 Å². The Morgan fingerprint density at radius 2 is 1.63 bits per heavy atom. The van der Waals surface area contributed by atoms with Crippen LogP contribution in [0.1, 0.15) is 12.6 Å². The largest absolute Gasteiger partial charge is 0.355 e. The lowest BCUT2D eigenvalue weighted by molar-refractivity contribution is 0.881. The van der Waals surface area contributed by atoms with Crippen molar-refractivity contribution < 1.29 is 0 Å². The van der Waals surface area contributed by atoms with Crippen molar-refractivity contribution in [3.63, 3.8) is 0 Å². The Labute approximate surface area is 174 Å². The number of pyridine rings is 1. The Hall–Kier alpha value is -4.06. The minimum Gasteiger partial charge on any atom is -0.355 e. The summed E-state index contributed by atoms with van der Waals surface area (Å²) in [5, 5.41) is 19.0. The van der Waals surface area contributed by atoms with Gasteiger partial charge in [0.2, 0.25) is 0 Å². The maximum atomic E-state index is 4.72. The summed E-state index contributed by atoms with van der Waals surface area (Å²) in [5.74, 6) is 0.656. The van der Waals surface area contributed by atoms with Crippen LogP contribution >= 0.6 is 0 Å². The third kappa shape index (κ3) is 3.39. The summed E-state index contributed by atoms with van der Waals surface area (Å²) in [7, 11) is 0. The summed E-state index contributed by atoms with van der Waals surface area (Å²) in [6.45, 7) is 2.12. The van der Waals surface area contributed by atoms with Gasteiger partial charge in [0.25, 0.3) is 0 Å². The van der Waals surface area contributed by atoms with Crippen LogP contribution in [-0.2, 0) is 6.42 Å². The number of hydrogen-bond donors (Lipinski definition) is 2. The zero-order valence-electron chi connectivity index (χ0n) is 16.5. The molecule has 0 spiro atoms. The highest BCUT2D eigenvalue weighted by molar-refractivity contribution is 5.93. The molecule has 2 N–H and O–H groups in total. The number of hydrogen-bond acceptors (Lipinski definition) is 5. The summed E-state index contributed by atoms with van der Waals surface area (Å²) in [4.78, 5) is 4.72. The number of anilines is 2. The molecule has 5 rings (SSSR count). The van der Waals surface area contributed by atoms with Crippen LogP contribution in [0.4, 0.5) is 11.4 Å². The number of tetrazole rings is 1. The van der Waals surface area contributed by atoms with Crippen molar-refractivity contribution in [1.82, 2.24) is 25.6 Å². The first-order valence-corrected chi connectivity index (χ1v) is 9.91. The van der Waals surface area contributed by atoms with Crippen LogP contribution in [0, 0.1) is 0 Å². The first-order valence-electron chi connectivity index (χ1n) is 9.91. The average molecular weight is 392 g/mol. The second-order valence-corrected chi connectivity index (χ2v) is 7.03. The van der Waals surface area contributed by atoms with Gasteiger partial charge in [0.15, 0.2) is 5.82 Å². The molecule has 0 aliphatic rings. The van der Waals surface area contributed by atoms with E-state index in [4.69, 9.17) is 4.98 Å². The molecule has 5 aromatic rings. The fourth-order valence-electron chi connectivity index (χ4n) is 3.62. The van der Waals surface area contributed by atoms with E-state index < -0.39 is 0 Å². The highest BCUT2D eigenvalue weighted by Gasteiger charge is 2.10. The van der Waals surface area contributed by atoms with Gasteiger partial charge >= 0.3 is 0 Å². The van der Waals surface area contributed by atoms with Crippen LogP contribution in [0.15, 0.2) is 78.9 Å². The SMILES string of the molecule is CCc1cc(Nc2ccc(-c3ccccc3-c3nnn[nH]3)cc2)c2ccccc2n1. The van der Waals surface area contributed by atoms with Crippen LogP contribution in [0.3, 0.4) is 0 Å². The van der Waals surface area contributed by atoms with E-state index >= 15 is 0 Å². The molecule has 0 fully saturated rings. The molecular weight excluding hydrogens is 372 g/mol. The number of rotatable bonds is 5. The lowest BCUT2D eigenvalue weighted by Crippen LogP contribution is -1.96. The normalized spacial score (nSPS) is 11.0. The fraction of sp³-hybridized carbons (Fsp3) is 0.0833. The number of fused-ring (bicyclic) bond motifs is 1. The number of benzene rings is 3. The highest BCUT2D eigenvalue weighted by Crippen LogP contribution is 2.32. The van der Waals surface area contributed by atoms with E-state index in [1.54, 1.807) is 0 Å². The number of para-hydroxylation sites is 1. The maximum Gasteiger partial charge on any atom is 0.180 e. The zero-order valence-corrected chi connectivity index (χ0v) is 16.5. The summed E-state index contributed by atoms with van der Waals surface area (Å²) in [5.41, 5.74) is 7.31. The molecular formula is C24H20N6. The van der Waals surface area contributed by atoms with Gasteiger partial charge in [0.05, 0.1) is 5.52 Å². The van der Waals surface area contributed by atoms with Gasteiger partial charge in [-0.05, 0) is 52.2 Å². The molecule has 6 heteroatoms. The Morgan fingerprint density at radius 1 is 0.867 bits per heavy atom. The fourth-order valence-corrected chi connectivity index (χ4v) is 3.62. The summed E-state index contributed by atoms with van der Waals surface area (Å²) >= 11 is 0. The van der Waals surface area contributed by atoms with Crippen LogP contribution in [0.25, 0.3) is 33.4 Å². The Balaban J connectivity index is 1.49. The van der Waals surface area contributed by atoms with Gasteiger partial charge in [-0.15, -0.1) is 5.10 Å². The quantitative estimate of drug-likeness (QED) is 0.419. The number of aromatic amines is 1. The molecule has 0 aliphatic heterocycles. The second kappa shape index (κ2) is 7.75. The molecule has 0 saturated heterocycles. The van der Waals surface area contributed by atoms with E-state index in [9.17, 15) is 0 Å². The molecule has 0 atom stereocenters. The van der Waals surface area contributed by atoms with Crippen LogP contribution in [0.2, 0.25) is 0 Å². The lowest BCUT2D eigenvalue weighted by atomic mass is 9.99. The molecule has 3 aromatic carbocycles. The first-order chi connectivity index (χ1) is 14.8. The van der Waals surface area contributed by atoms with E-state index in [-0.39, 0.29) is 0 Å². The van der Waals surface area contributed by atoms with Crippen molar-refractivity contribution in [3.8, 4) is 22.5 Å². The van der Waals surface area contributed by atoms with Crippen molar-refractivity contribution >= 4 is 22.3 Å². The Kier molecular flexibility index (Phi) is 4.65. The summed E-state index contributed by atoms with van der Waals surface area (Å²) in [6.07, 6.45) is 0.895. The topological polar surface area (TPSA) is 79.4 Å². The monoisotopic (exact) mass is 392 g/mol. The molecule has 0 aliphatic carbocycles. The van der Waals surface area contributed by atoms with Crippen molar-refractivity contribution in [3.05, 3.63) is 84.6 Å². The summed E-state index contributed by atoms with van der Waals surface area (Å²) in [6, 6.07) is 26.8. The number of nitrogens with one attached hydrogen (secondary N) is 2. The molecule has 6 nitrogen and oxygen atoms in total. The van der Waals surface area contributed by atoms with Crippen molar-refractivity contribution in [2.24, 2.45) is 0 Å². The Morgan fingerprint density at radius 3 is 2.40 bits per heavy atom. The number of nitrogens with zero attached hydrogens (tertiary/aromatic N) is 4. The molecule has 0 amide bonds. The zero-order chi connectivity index (χ0) is 20.3. The van der Waals surface area contributed by atoms with Gasteiger partial charge in [-0.2, -0.15) is 0 Å². The van der Waals surface area contributed by atoms with Crippen LogP contribution in [0.5, 0.6) is 0 Å². The van der Waals surface area contributed by atoms with Crippen molar-refractivity contribution in [1.29, 1.82) is 0 Å². The van der Waals surface area contributed by atoms with Gasteiger partial charge in [-0.3, -0.25) is 4.98 Å². The van der Waals surface area contributed by atoms with Gasteiger partial charge in [-0.1, -0.05) is 61.5 Å². The molecule has 0 bridgehead atoms. The maximum absolute atomic E-state index is 4.72. The van der Waals surface area contributed by atoms with Crippen molar-refractivity contribution in [2.75, 3.05) is 5.32 Å². The first kappa shape index (κ1) is 18.0. The van der Waals surface area contributed by atoms with Gasteiger partial charge in [-0.25, -0.2) is 5.10 Å².